The molecule has 3 aromatic rings. The minimum atomic E-state index is -0.131. The molecule has 5 heteroatoms. The van der Waals surface area contributed by atoms with E-state index in [1.807, 2.05) is 36.4 Å². The zero-order valence-corrected chi connectivity index (χ0v) is 12.5. The van der Waals surface area contributed by atoms with E-state index in [9.17, 15) is 4.79 Å². The first kappa shape index (κ1) is 13.8. The van der Waals surface area contributed by atoms with E-state index in [4.69, 9.17) is 11.6 Å². The third-order valence-electron chi connectivity index (χ3n) is 2.88. The third-order valence-corrected chi connectivity index (χ3v) is 4.26. The standard InChI is InChI=1S/C16H11ClN2OS/c17-12-5-3-11(4-6-12)14-7-8-15(21-14)16(20)19-13-2-1-9-18-10-13/h1-10H,(H,19,20). The average Bonchev–Trinajstić information content (AvgIpc) is 2.99. The number of halogens is 1. The highest BCUT2D eigenvalue weighted by atomic mass is 35.5. The van der Waals surface area contributed by atoms with Crippen molar-refractivity contribution < 1.29 is 4.79 Å². The fourth-order valence-corrected chi connectivity index (χ4v) is 2.89. The maximum Gasteiger partial charge on any atom is 0.265 e. The summed E-state index contributed by atoms with van der Waals surface area (Å²) in [5.74, 6) is -0.131. The molecule has 0 aliphatic heterocycles. The van der Waals surface area contributed by atoms with Gasteiger partial charge in [-0.1, -0.05) is 23.7 Å². The van der Waals surface area contributed by atoms with Crippen LogP contribution in [0.15, 0.2) is 60.9 Å². The highest BCUT2D eigenvalue weighted by Gasteiger charge is 2.10. The Bertz CT molecular complexity index is 753. The van der Waals surface area contributed by atoms with Gasteiger partial charge in [-0.25, -0.2) is 0 Å². The van der Waals surface area contributed by atoms with Gasteiger partial charge < -0.3 is 5.32 Å². The number of hydrogen-bond acceptors (Lipinski definition) is 3. The van der Waals surface area contributed by atoms with Gasteiger partial charge >= 0.3 is 0 Å². The van der Waals surface area contributed by atoms with E-state index >= 15 is 0 Å². The number of aromatic nitrogens is 1. The van der Waals surface area contributed by atoms with E-state index in [0.29, 0.717) is 15.6 Å². The molecule has 2 heterocycles. The van der Waals surface area contributed by atoms with Crippen molar-refractivity contribution >= 4 is 34.5 Å². The van der Waals surface area contributed by atoms with Crippen LogP contribution in [0.3, 0.4) is 0 Å². The maximum atomic E-state index is 12.2. The van der Waals surface area contributed by atoms with E-state index in [-0.39, 0.29) is 5.91 Å². The number of anilines is 1. The van der Waals surface area contributed by atoms with Gasteiger partial charge in [-0.2, -0.15) is 0 Å². The first-order chi connectivity index (χ1) is 10.2. The summed E-state index contributed by atoms with van der Waals surface area (Å²) in [5, 5.41) is 3.52. The molecule has 1 N–H and O–H groups in total. The Balaban J connectivity index is 1.78. The van der Waals surface area contributed by atoms with Gasteiger partial charge in [0, 0.05) is 16.1 Å². The number of pyridine rings is 1. The van der Waals surface area contributed by atoms with Crippen molar-refractivity contribution in [3.63, 3.8) is 0 Å². The van der Waals surface area contributed by atoms with E-state index in [1.165, 1.54) is 11.3 Å². The van der Waals surface area contributed by atoms with Crippen molar-refractivity contribution in [2.24, 2.45) is 0 Å². The summed E-state index contributed by atoms with van der Waals surface area (Å²) < 4.78 is 0. The number of carbonyl (C=O) groups is 1. The lowest BCUT2D eigenvalue weighted by atomic mass is 10.2. The number of amides is 1. The van der Waals surface area contributed by atoms with Gasteiger partial charge in [-0.3, -0.25) is 9.78 Å². The maximum absolute atomic E-state index is 12.2. The molecular formula is C16H11ClN2OS. The second-order valence-electron chi connectivity index (χ2n) is 4.37. The number of nitrogens with one attached hydrogen (secondary N) is 1. The molecule has 0 atom stereocenters. The lowest BCUT2D eigenvalue weighted by molar-refractivity contribution is 0.103. The molecule has 0 saturated heterocycles. The second-order valence-corrected chi connectivity index (χ2v) is 5.89. The van der Waals surface area contributed by atoms with Gasteiger partial charge in [0.2, 0.25) is 0 Å². The summed E-state index contributed by atoms with van der Waals surface area (Å²) in [5.41, 5.74) is 1.73. The number of thiophene rings is 1. The Morgan fingerprint density at radius 3 is 2.62 bits per heavy atom. The molecule has 0 bridgehead atoms. The minimum absolute atomic E-state index is 0.131. The SMILES string of the molecule is O=C(Nc1cccnc1)c1ccc(-c2ccc(Cl)cc2)s1. The van der Waals surface area contributed by atoms with Gasteiger partial charge in [0.25, 0.3) is 5.91 Å². The molecule has 0 unspecified atom stereocenters. The number of hydrogen-bond donors (Lipinski definition) is 1. The molecule has 2 aromatic heterocycles. The van der Waals surface area contributed by atoms with E-state index in [1.54, 1.807) is 24.5 Å². The van der Waals surface area contributed by atoms with Crippen LogP contribution in [0.1, 0.15) is 9.67 Å². The summed E-state index contributed by atoms with van der Waals surface area (Å²) in [7, 11) is 0. The molecule has 0 fully saturated rings. The van der Waals surface area contributed by atoms with Gasteiger partial charge in [0.1, 0.15) is 0 Å². The average molecular weight is 315 g/mol. The fourth-order valence-electron chi connectivity index (χ4n) is 1.86. The predicted molar refractivity (Wildman–Crippen MR) is 87.0 cm³/mol. The number of carbonyl (C=O) groups excluding carboxylic acids is 1. The normalized spacial score (nSPS) is 10.3. The van der Waals surface area contributed by atoms with Crippen molar-refractivity contribution in [3.05, 3.63) is 70.8 Å². The van der Waals surface area contributed by atoms with Crippen LogP contribution in [0.2, 0.25) is 5.02 Å². The van der Waals surface area contributed by atoms with Crippen LogP contribution in [0.25, 0.3) is 10.4 Å². The molecular weight excluding hydrogens is 304 g/mol. The molecule has 0 spiro atoms. The molecule has 3 nitrogen and oxygen atoms in total. The summed E-state index contributed by atoms with van der Waals surface area (Å²) in [6.45, 7) is 0. The minimum Gasteiger partial charge on any atom is -0.320 e. The largest absolute Gasteiger partial charge is 0.320 e. The molecule has 21 heavy (non-hydrogen) atoms. The second kappa shape index (κ2) is 6.08. The van der Waals surface area contributed by atoms with Gasteiger partial charge in [0.05, 0.1) is 16.8 Å². The first-order valence-electron chi connectivity index (χ1n) is 6.29. The number of rotatable bonds is 3. The van der Waals surface area contributed by atoms with Crippen molar-refractivity contribution in [2.45, 2.75) is 0 Å². The van der Waals surface area contributed by atoms with Crippen LogP contribution in [0.5, 0.6) is 0 Å². The Morgan fingerprint density at radius 2 is 1.90 bits per heavy atom. The van der Waals surface area contributed by atoms with Crippen molar-refractivity contribution in [1.82, 2.24) is 4.98 Å². The fraction of sp³-hybridized carbons (Fsp3) is 0. The quantitative estimate of drug-likeness (QED) is 0.760. The van der Waals surface area contributed by atoms with Crippen LogP contribution in [0.4, 0.5) is 5.69 Å². The molecule has 1 amide bonds. The van der Waals surface area contributed by atoms with Crippen LogP contribution in [-0.2, 0) is 0 Å². The molecule has 104 valence electrons. The molecule has 0 radical (unpaired) electrons. The Labute approximate surface area is 131 Å². The van der Waals surface area contributed by atoms with E-state index in [2.05, 4.69) is 10.3 Å². The lowest BCUT2D eigenvalue weighted by Gasteiger charge is -2.01. The Morgan fingerprint density at radius 1 is 1.10 bits per heavy atom. The molecule has 0 aliphatic carbocycles. The molecule has 3 rings (SSSR count). The van der Waals surface area contributed by atoms with E-state index < -0.39 is 0 Å². The van der Waals surface area contributed by atoms with Crippen molar-refractivity contribution in [2.75, 3.05) is 5.32 Å². The summed E-state index contributed by atoms with van der Waals surface area (Å²) >= 11 is 7.32. The predicted octanol–water partition coefficient (Wildman–Crippen LogP) is 4.72. The van der Waals surface area contributed by atoms with Crippen LogP contribution in [0, 0.1) is 0 Å². The molecule has 0 aliphatic rings. The summed E-state index contributed by atoms with van der Waals surface area (Å²) in [6.07, 6.45) is 3.28. The van der Waals surface area contributed by atoms with Crippen LogP contribution in [-0.4, -0.2) is 10.9 Å². The highest BCUT2D eigenvalue weighted by Crippen LogP contribution is 2.29. The van der Waals surface area contributed by atoms with Gasteiger partial charge in [0.15, 0.2) is 0 Å². The zero-order chi connectivity index (χ0) is 14.7. The Kier molecular flexibility index (Phi) is 3.99. The zero-order valence-electron chi connectivity index (χ0n) is 10.9. The van der Waals surface area contributed by atoms with Crippen molar-refractivity contribution in [3.8, 4) is 10.4 Å². The number of benzene rings is 1. The summed E-state index contributed by atoms with van der Waals surface area (Å²) in [6, 6.07) is 14.9. The van der Waals surface area contributed by atoms with Gasteiger partial charge in [-0.05, 0) is 42.0 Å². The Hall–Kier alpha value is -2.17. The third kappa shape index (κ3) is 3.29. The van der Waals surface area contributed by atoms with Crippen molar-refractivity contribution in [1.29, 1.82) is 0 Å². The first-order valence-corrected chi connectivity index (χ1v) is 7.49. The van der Waals surface area contributed by atoms with Crippen LogP contribution < -0.4 is 5.32 Å². The monoisotopic (exact) mass is 314 g/mol. The van der Waals surface area contributed by atoms with E-state index in [0.717, 1.165) is 10.4 Å². The highest BCUT2D eigenvalue weighted by molar-refractivity contribution is 7.17. The molecule has 1 aromatic carbocycles. The molecule has 0 saturated carbocycles. The van der Waals surface area contributed by atoms with Crippen LogP contribution >= 0.6 is 22.9 Å². The smallest absolute Gasteiger partial charge is 0.265 e. The summed E-state index contributed by atoms with van der Waals surface area (Å²) in [4.78, 5) is 17.8. The topological polar surface area (TPSA) is 42.0 Å². The lowest BCUT2D eigenvalue weighted by Crippen LogP contribution is -2.09. The van der Waals surface area contributed by atoms with Gasteiger partial charge in [-0.15, -0.1) is 11.3 Å². The number of nitrogens with zero attached hydrogens (tertiary/aromatic N) is 1.